The fourth-order valence-electron chi connectivity index (χ4n) is 4.31. The van der Waals surface area contributed by atoms with E-state index in [2.05, 4.69) is 25.3 Å². The first-order chi connectivity index (χ1) is 16.1. The minimum absolute atomic E-state index is 0.223. The van der Waals surface area contributed by atoms with Gasteiger partial charge in [-0.3, -0.25) is 14.6 Å². The quantitative estimate of drug-likeness (QED) is 0.475. The number of rotatable bonds is 6. The van der Waals surface area contributed by atoms with Crippen LogP contribution < -0.4 is 10.6 Å². The Balaban J connectivity index is 1.50. The van der Waals surface area contributed by atoms with E-state index < -0.39 is 0 Å². The largest absolute Gasteiger partial charge is 0.337 e. The van der Waals surface area contributed by atoms with Gasteiger partial charge in [-0.1, -0.05) is 12.1 Å². The molecule has 0 atom stereocenters. The molecule has 0 spiro atoms. The number of carbonyl (C=O) groups excluding carboxylic acids is 1. The predicted octanol–water partition coefficient (Wildman–Crippen LogP) is 3.79. The molecule has 1 aromatic carbocycles. The molecule has 0 saturated heterocycles. The molecule has 8 heteroatoms. The van der Waals surface area contributed by atoms with Gasteiger partial charge < -0.3 is 15.5 Å². The molecule has 2 N–H and O–H groups in total. The Morgan fingerprint density at radius 3 is 2.85 bits per heavy atom. The van der Waals surface area contributed by atoms with E-state index in [4.69, 9.17) is 5.10 Å². The average molecular weight is 442 g/mol. The molecule has 0 unspecified atom stereocenters. The normalized spacial score (nSPS) is 12.8. The van der Waals surface area contributed by atoms with Crippen LogP contribution in [0.1, 0.15) is 12.1 Å². The summed E-state index contributed by atoms with van der Waals surface area (Å²) in [5.41, 5.74) is 6.76. The van der Waals surface area contributed by atoms with Gasteiger partial charge in [-0.05, 0) is 62.8 Å². The Morgan fingerprint density at radius 2 is 2.03 bits per heavy atom. The first kappa shape index (κ1) is 21.1. The summed E-state index contributed by atoms with van der Waals surface area (Å²) in [6, 6.07) is 13.6. The summed E-state index contributed by atoms with van der Waals surface area (Å²) in [5.74, 6) is 0. The lowest BCUT2D eigenvalue weighted by Gasteiger charge is -2.12. The topological polar surface area (TPSA) is 88.0 Å². The van der Waals surface area contributed by atoms with E-state index in [1.54, 1.807) is 6.20 Å². The van der Waals surface area contributed by atoms with Gasteiger partial charge in [0.2, 0.25) is 0 Å². The fraction of sp³-hybridized carbons (Fsp3) is 0.280. The van der Waals surface area contributed by atoms with Crippen LogP contribution in [0.5, 0.6) is 0 Å². The van der Waals surface area contributed by atoms with E-state index in [0.717, 1.165) is 59.3 Å². The highest BCUT2D eigenvalue weighted by Crippen LogP contribution is 2.39. The minimum atomic E-state index is -0.223. The van der Waals surface area contributed by atoms with Gasteiger partial charge in [0, 0.05) is 54.4 Å². The number of benzene rings is 1. The van der Waals surface area contributed by atoms with E-state index in [1.807, 2.05) is 67.7 Å². The minimum Gasteiger partial charge on any atom is -0.337 e. The zero-order chi connectivity index (χ0) is 22.8. The van der Waals surface area contributed by atoms with Gasteiger partial charge in [-0.15, -0.1) is 0 Å². The summed E-state index contributed by atoms with van der Waals surface area (Å²) in [5, 5.41) is 11.7. The molecule has 0 radical (unpaired) electrons. The Bertz CT molecular complexity index is 1300. The van der Waals surface area contributed by atoms with Crippen molar-refractivity contribution in [1.82, 2.24) is 30.0 Å². The van der Waals surface area contributed by atoms with Crippen LogP contribution in [0, 0.1) is 0 Å². The highest BCUT2D eigenvalue weighted by atomic mass is 16.2. The van der Waals surface area contributed by atoms with Crippen LogP contribution in [0.15, 0.2) is 54.9 Å². The number of nitrogens with zero attached hydrogens (tertiary/aromatic N) is 5. The third-order valence-electron chi connectivity index (χ3n) is 5.86. The highest BCUT2D eigenvalue weighted by molar-refractivity contribution is 6.01. The first-order valence-electron chi connectivity index (χ1n) is 11.2. The molecule has 33 heavy (non-hydrogen) atoms. The van der Waals surface area contributed by atoms with Crippen molar-refractivity contribution in [2.45, 2.75) is 19.4 Å². The molecule has 2 amide bonds. The third-order valence-corrected chi connectivity index (χ3v) is 5.86. The lowest BCUT2D eigenvalue weighted by molar-refractivity contribution is 0.250. The number of anilines is 1. The summed E-state index contributed by atoms with van der Waals surface area (Å²) in [6.07, 6.45) is 5.71. The van der Waals surface area contributed by atoms with Crippen molar-refractivity contribution in [3.63, 3.8) is 0 Å². The number of aromatic nitrogens is 4. The molecule has 0 saturated carbocycles. The van der Waals surface area contributed by atoms with Crippen LogP contribution in [0.25, 0.3) is 33.4 Å². The Labute approximate surface area is 192 Å². The molecule has 0 bridgehead atoms. The summed E-state index contributed by atoms with van der Waals surface area (Å²) < 4.78 is 2.11. The first-order valence-corrected chi connectivity index (χ1v) is 11.2. The maximum Gasteiger partial charge on any atom is 0.319 e. The van der Waals surface area contributed by atoms with Crippen molar-refractivity contribution in [3.8, 4) is 22.5 Å². The smallest absolute Gasteiger partial charge is 0.319 e. The lowest BCUT2D eigenvalue weighted by Crippen LogP contribution is -2.34. The number of aryl methyl sites for hydroxylation is 1. The number of fused-ring (bicyclic) bond motifs is 2. The van der Waals surface area contributed by atoms with Crippen molar-refractivity contribution in [1.29, 1.82) is 0 Å². The number of carbonyl (C=O) groups is 1. The number of amides is 2. The van der Waals surface area contributed by atoms with Gasteiger partial charge >= 0.3 is 6.03 Å². The number of pyridine rings is 2. The second kappa shape index (κ2) is 8.99. The van der Waals surface area contributed by atoms with Crippen LogP contribution >= 0.6 is 0 Å². The van der Waals surface area contributed by atoms with Crippen molar-refractivity contribution in [2.75, 3.05) is 32.5 Å². The number of hydrogen-bond donors (Lipinski definition) is 2. The van der Waals surface area contributed by atoms with Crippen LogP contribution in [0.3, 0.4) is 0 Å². The predicted molar refractivity (Wildman–Crippen MR) is 130 cm³/mol. The van der Waals surface area contributed by atoms with Crippen LogP contribution in [0.2, 0.25) is 0 Å². The van der Waals surface area contributed by atoms with E-state index in [1.165, 1.54) is 5.69 Å². The number of urea groups is 1. The number of nitrogens with one attached hydrogen (secondary N) is 2. The van der Waals surface area contributed by atoms with E-state index in [-0.39, 0.29) is 6.03 Å². The van der Waals surface area contributed by atoms with Gasteiger partial charge in [0.25, 0.3) is 0 Å². The molecule has 168 valence electrons. The van der Waals surface area contributed by atoms with E-state index in [9.17, 15) is 4.79 Å². The maximum absolute atomic E-state index is 12.2. The number of hydrogen-bond acceptors (Lipinski definition) is 5. The molecule has 3 aromatic heterocycles. The van der Waals surface area contributed by atoms with Crippen LogP contribution in [-0.4, -0.2) is 57.9 Å². The molecule has 4 aromatic rings. The molecule has 1 aliphatic heterocycles. The summed E-state index contributed by atoms with van der Waals surface area (Å²) in [4.78, 5) is 23.4. The lowest BCUT2D eigenvalue weighted by atomic mass is 9.96. The SMILES string of the molecule is CN(C)CCNC(=O)Nc1ccc2c(-c3c(-c4ccccn4)nn4c3CCC4)ccnc2c1. The van der Waals surface area contributed by atoms with Gasteiger partial charge in [0.15, 0.2) is 0 Å². The van der Waals surface area contributed by atoms with Gasteiger partial charge in [0.05, 0.1) is 11.2 Å². The van der Waals surface area contributed by atoms with Gasteiger partial charge in [0.1, 0.15) is 5.69 Å². The van der Waals surface area contributed by atoms with Gasteiger partial charge in [-0.2, -0.15) is 5.10 Å². The summed E-state index contributed by atoms with van der Waals surface area (Å²) in [7, 11) is 3.95. The zero-order valence-corrected chi connectivity index (χ0v) is 18.9. The maximum atomic E-state index is 12.2. The summed E-state index contributed by atoms with van der Waals surface area (Å²) >= 11 is 0. The zero-order valence-electron chi connectivity index (χ0n) is 18.9. The molecule has 1 aliphatic rings. The molecule has 4 heterocycles. The van der Waals surface area contributed by atoms with Crippen molar-refractivity contribution >= 4 is 22.6 Å². The van der Waals surface area contributed by atoms with Crippen LogP contribution in [0.4, 0.5) is 10.5 Å². The fourth-order valence-corrected chi connectivity index (χ4v) is 4.31. The monoisotopic (exact) mass is 441 g/mol. The Kier molecular flexibility index (Phi) is 5.75. The second-order valence-corrected chi connectivity index (χ2v) is 8.49. The Morgan fingerprint density at radius 1 is 1.12 bits per heavy atom. The van der Waals surface area contributed by atoms with Gasteiger partial charge in [-0.25, -0.2) is 4.79 Å². The van der Waals surface area contributed by atoms with Crippen LogP contribution in [-0.2, 0) is 13.0 Å². The third kappa shape index (κ3) is 4.29. The molecule has 0 aliphatic carbocycles. The highest BCUT2D eigenvalue weighted by Gasteiger charge is 2.25. The second-order valence-electron chi connectivity index (χ2n) is 8.49. The standard InChI is InChI=1S/C25H27N7O/c1-31(2)15-13-28-25(33)29-17-8-9-18-19(10-12-27-21(18)16-17)23-22-7-5-14-32(22)30-24(23)20-6-3-4-11-26-20/h3-4,6,8-12,16H,5,7,13-15H2,1-2H3,(H2,28,29,33). The molecular weight excluding hydrogens is 414 g/mol. The Hall–Kier alpha value is -3.78. The van der Waals surface area contributed by atoms with E-state index in [0.29, 0.717) is 12.2 Å². The molecular formula is C25H27N7O. The van der Waals surface area contributed by atoms with Crippen molar-refractivity contribution < 1.29 is 4.79 Å². The van der Waals surface area contributed by atoms with E-state index >= 15 is 0 Å². The number of likely N-dealkylation sites (N-methyl/N-ethyl adjacent to an activating group) is 1. The molecule has 8 nitrogen and oxygen atoms in total. The summed E-state index contributed by atoms with van der Waals surface area (Å²) in [6.45, 7) is 2.29. The van der Waals surface area contributed by atoms with Crippen molar-refractivity contribution in [2.24, 2.45) is 0 Å². The average Bonchev–Trinajstić information content (AvgIpc) is 3.40. The molecule has 0 fully saturated rings. The molecule has 5 rings (SSSR count). The van der Waals surface area contributed by atoms with Crippen molar-refractivity contribution in [3.05, 3.63) is 60.6 Å².